The first kappa shape index (κ1) is 12.3. The van der Waals surface area contributed by atoms with E-state index in [4.69, 9.17) is 4.74 Å². The minimum atomic E-state index is -0.741. The summed E-state index contributed by atoms with van der Waals surface area (Å²) in [5.41, 5.74) is 0.0164. The molecule has 1 rings (SSSR count). The minimum absolute atomic E-state index is 0.0276. The molecular formula is C11H14BrNO2. The van der Waals surface area contributed by atoms with E-state index in [1.54, 1.807) is 20.0 Å². The summed E-state index contributed by atoms with van der Waals surface area (Å²) in [6, 6.07) is 3.70. The zero-order valence-electron chi connectivity index (χ0n) is 9.08. The van der Waals surface area contributed by atoms with Gasteiger partial charge >= 0.3 is 0 Å². The number of carbonyl (C=O) groups excluding carboxylic acids is 1. The van der Waals surface area contributed by atoms with E-state index in [1.807, 2.05) is 12.1 Å². The van der Waals surface area contributed by atoms with Crippen LogP contribution in [-0.4, -0.2) is 23.5 Å². The van der Waals surface area contributed by atoms with Gasteiger partial charge in [0.15, 0.2) is 5.78 Å². The molecule has 0 bridgehead atoms. The van der Waals surface area contributed by atoms with Crippen molar-refractivity contribution in [3.63, 3.8) is 0 Å². The van der Waals surface area contributed by atoms with E-state index in [1.165, 1.54) is 7.11 Å². The van der Waals surface area contributed by atoms with Crippen LogP contribution in [0.2, 0.25) is 0 Å². The first-order valence-electron chi connectivity index (χ1n) is 4.64. The first-order chi connectivity index (χ1) is 6.95. The summed E-state index contributed by atoms with van der Waals surface area (Å²) in [4.78, 5) is 15.9. The number of hydrogen-bond donors (Lipinski definition) is 0. The van der Waals surface area contributed by atoms with Crippen LogP contribution < -0.4 is 0 Å². The molecule has 0 aliphatic heterocycles. The van der Waals surface area contributed by atoms with Crippen molar-refractivity contribution in [1.82, 2.24) is 4.98 Å². The van der Waals surface area contributed by atoms with Crippen LogP contribution in [0.25, 0.3) is 0 Å². The third-order valence-corrected chi connectivity index (χ3v) is 2.78. The molecule has 1 aromatic heterocycles. The Morgan fingerprint density at radius 2 is 2.20 bits per heavy atom. The molecule has 0 saturated heterocycles. The number of rotatable bonds is 4. The van der Waals surface area contributed by atoms with Gasteiger partial charge in [0.2, 0.25) is 0 Å². The van der Waals surface area contributed by atoms with Crippen LogP contribution in [0.3, 0.4) is 0 Å². The number of Topliss-reactive ketones (excluding diaryl/α,β-unsaturated/α-hetero) is 1. The topological polar surface area (TPSA) is 39.2 Å². The number of nitrogens with zero attached hydrogens (tertiary/aromatic N) is 1. The molecule has 1 aromatic rings. The lowest BCUT2D eigenvalue weighted by atomic mass is 9.99. The highest BCUT2D eigenvalue weighted by Gasteiger charge is 2.26. The van der Waals surface area contributed by atoms with Crippen molar-refractivity contribution in [2.45, 2.75) is 25.9 Å². The number of aromatic nitrogens is 1. The highest BCUT2D eigenvalue weighted by molar-refractivity contribution is 9.10. The number of carbonyl (C=O) groups is 1. The van der Waals surface area contributed by atoms with Crippen molar-refractivity contribution in [3.8, 4) is 0 Å². The van der Waals surface area contributed by atoms with Gasteiger partial charge in [0.1, 0.15) is 5.60 Å². The predicted molar refractivity (Wildman–Crippen MR) is 61.7 cm³/mol. The molecule has 0 aromatic carbocycles. The molecule has 4 heteroatoms. The lowest BCUT2D eigenvalue weighted by molar-refractivity contribution is -0.136. The number of hydrogen-bond acceptors (Lipinski definition) is 3. The minimum Gasteiger partial charge on any atom is -0.371 e. The smallest absolute Gasteiger partial charge is 0.169 e. The van der Waals surface area contributed by atoms with Crippen LogP contribution in [0, 0.1) is 0 Å². The van der Waals surface area contributed by atoms with Crippen molar-refractivity contribution in [2.75, 3.05) is 7.11 Å². The van der Waals surface area contributed by atoms with Crippen LogP contribution in [-0.2, 0) is 16.0 Å². The number of ketones is 1. The molecule has 0 aliphatic rings. The maximum absolute atomic E-state index is 11.8. The number of halogens is 1. The van der Waals surface area contributed by atoms with Gasteiger partial charge in [-0.15, -0.1) is 0 Å². The van der Waals surface area contributed by atoms with Gasteiger partial charge in [-0.3, -0.25) is 9.78 Å². The third-order valence-electron chi connectivity index (χ3n) is 2.31. The Hall–Kier alpha value is -0.740. The van der Waals surface area contributed by atoms with E-state index in [9.17, 15) is 4.79 Å². The number of ether oxygens (including phenoxy) is 1. The van der Waals surface area contributed by atoms with Gasteiger partial charge in [0.05, 0.1) is 6.42 Å². The second-order valence-corrected chi connectivity index (χ2v) is 4.70. The summed E-state index contributed by atoms with van der Waals surface area (Å²) >= 11 is 3.29. The van der Waals surface area contributed by atoms with E-state index < -0.39 is 5.60 Å². The van der Waals surface area contributed by atoms with Gasteiger partial charge < -0.3 is 4.74 Å². The standard InChI is InChI=1S/C11H14BrNO2/c1-11(2,15-3)10(14)6-9-5-4-8(12)7-13-9/h4-5,7H,6H2,1-3H3. The monoisotopic (exact) mass is 271 g/mol. The van der Waals surface area contributed by atoms with Crippen LogP contribution >= 0.6 is 15.9 Å². The summed E-state index contributed by atoms with van der Waals surface area (Å²) in [7, 11) is 1.53. The van der Waals surface area contributed by atoms with E-state index in [0.29, 0.717) is 6.42 Å². The van der Waals surface area contributed by atoms with Crippen molar-refractivity contribution in [2.24, 2.45) is 0 Å². The highest BCUT2D eigenvalue weighted by Crippen LogP contribution is 2.13. The maximum Gasteiger partial charge on any atom is 0.169 e. The Morgan fingerprint density at radius 1 is 1.53 bits per heavy atom. The molecule has 0 aliphatic carbocycles. The van der Waals surface area contributed by atoms with Crippen LogP contribution in [0.15, 0.2) is 22.8 Å². The average molecular weight is 272 g/mol. The van der Waals surface area contributed by atoms with Gasteiger partial charge in [-0.25, -0.2) is 0 Å². The molecule has 15 heavy (non-hydrogen) atoms. The van der Waals surface area contributed by atoms with E-state index in [0.717, 1.165) is 10.2 Å². The summed E-state index contributed by atoms with van der Waals surface area (Å²) in [6.07, 6.45) is 1.98. The van der Waals surface area contributed by atoms with Gasteiger partial charge in [0.25, 0.3) is 0 Å². The van der Waals surface area contributed by atoms with Crippen LogP contribution in [0.4, 0.5) is 0 Å². The summed E-state index contributed by atoms with van der Waals surface area (Å²) < 4.78 is 6.02. The fourth-order valence-corrected chi connectivity index (χ4v) is 1.24. The zero-order chi connectivity index (χ0) is 11.5. The molecule has 0 spiro atoms. The Morgan fingerprint density at radius 3 is 2.67 bits per heavy atom. The predicted octanol–water partition coefficient (Wildman–Crippen LogP) is 2.38. The first-order valence-corrected chi connectivity index (χ1v) is 5.44. The molecule has 3 nitrogen and oxygen atoms in total. The Balaban J connectivity index is 2.71. The van der Waals surface area contributed by atoms with Crippen molar-refractivity contribution >= 4 is 21.7 Å². The van der Waals surface area contributed by atoms with E-state index in [-0.39, 0.29) is 5.78 Å². The molecule has 0 atom stereocenters. The lowest BCUT2D eigenvalue weighted by Crippen LogP contribution is -2.35. The quantitative estimate of drug-likeness (QED) is 0.844. The molecular weight excluding hydrogens is 258 g/mol. The van der Waals surface area contributed by atoms with Crippen molar-refractivity contribution in [1.29, 1.82) is 0 Å². The molecule has 1 heterocycles. The third kappa shape index (κ3) is 3.39. The fraction of sp³-hybridized carbons (Fsp3) is 0.455. The molecule has 0 N–H and O–H groups in total. The van der Waals surface area contributed by atoms with Gasteiger partial charge in [-0.05, 0) is 41.9 Å². The second kappa shape index (κ2) is 4.86. The van der Waals surface area contributed by atoms with Gasteiger partial charge in [-0.2, -0.15) is 0 Å². The van der Waals surface area contributed by atoms with Crippen LogP contribution in [0.5, 0.6) is 0 Å². The van der Waals surface area contributed by atoms with Crippen LogP contribution in [0.1, 0.15) is 19.5 Å². The van der Waals surface area contributed by atoms with Gasteiger partial charge in [0, 0.05) is 23.5 Å². The summed E-state index contributed by atoms with van der Waals surface area (Å²) in [6.45, 7) is 3.52. The lowest BCUT2D eigenvalue weighted by Gasteiger charge is -2.20. The number of pyridine rings is 1. The van der Waals surface area contributed by atoms with E-state index in [2.05, 4.69) is 20.9 Å². The van der Waals surface area contributed by atoms with Gasteiger partial charge in [-0.1, -0.05) is 0 Å². The normalized spacial score (nSPS) is 11.5. The SMILES string of the molecule is COC(C)(C)C(=O)Cc1ccc(Br)cn1. The van der Waals surface area contributed by atoms with E-state index >= 15 is 0 Å². The fourth-order valence-electron chi connectivity index (χ4n) is 1.00. The Bertz CT molecular complexity index is 346. The molecule has 82 valence electrons. The zero-order valence-corrected chi connectivity index (χ0v) is 10.7. The summed E-state index contributed by atoms with van der Waals surface area (Å²) in [5, 5.41) is 0. The Kier molecular flexibility index (Phi) is 3.99. The molecule has 0 saturated carbocycles. The average Bonchev–Trinajstić information content (AvgIpc) is 2.21. The largest absolute Gasteiger partial charge is 0.371 e. The second-order valence-electron chi connectivity index (χ2n) is 3.78. The van der Waals surface area contributed by atoms with Crippen molar-refractivity contribution < 1.29 is 9.53 Å². The Labute approximate surface area is 98.0 Å². The molecule has 0 unspecified atom stereocenters. The maximum atomic E-state index is 11.8. The molecule has 0 fully saturated rings. The molecule has 0 radical (unpaired) electrons. The van der Waals surface area contributed by atoms with Crippen molar-refractivity contribution in [3.05, 3.63) is 28.5 Å². The number of methoxy groups -OCH3 is 1. The summed E-state index contributed by atoms with van der Waals surface area (Å²) in [5.74, 6) is 0.0276. The molecule has 0 amide bonds. The highest BCUT2D eigenvalue weighted by atomic mass is 79.9.